The highest BCUT2D eigenvalue weighted by Gasteiger charge is 2.11. The fraction of sp³-hybridized carbons (Fsp3) is 0.200. The second kappa shape index (κ2) is 4.70. The van der Waals surface area contributed by atoms with Crippen molar-refractivity contribution in [2.24, 2.45) is 0 Å². The van der Waals surface area contributed by atoms with Crippen molar-refractivity contribution in [2.75, 3.05) is 6.67 Å². The molecule has 0 radical (unpaired) electrons. The minimum Gasteiger partial charge on any atom is -0.247 e. The quantitative estimate of drug-likeness (QED) is 0.679. The standard InChI is InChI=1S/C10H9F3/c11-7-6-9(10(12)13)8-4-2-1-3-5-8/h1-6,10H,7H2. The molecule has 0 aliphatic rings. The molecule has 0 fully saturated rings. The van der Waals surface area contributed by atoms with E-state index in [4.69, 9.17) is 0 Å². The van der Waals surface area contributed by atoms with Gasteiger partial charge in [0.05, 0.1) is 0 Å². The van der Waals surface area contributed by atoms with Crippen molar-refractivity contribution in [1.82, 2.24) is 0 Å². The SMILES string of the molecule is FCC=C(c1ccccc1)C(F)F. The van der Waals surface area contributed by atoms with Crippen LogP contribution in [-0.2, 0) is 0 Å². The maximum atomic E-state index is 12.3. The second-order valence-corrected chi connectivity index (χ2v) is 2.48. The van der Waals surface area contributed by atoms with E-state index in [0.29, 0.717) is 5.56 Å². The Hall–Kier alpha value is -1.25. The van der Waals surface area contributed by atoms with Gasteiger partial charge in [-0.2, -0.15) is 0 Å². The minimum absolute atomic E-state index is 0.247. The molecule has 0 saturated heterocycles. The summed E-state index contributed by atoms with van der Waals surface area (Å²) < 4.78 is 36.6. The van der Waals surface area contributed by atoms with Crippen LogP contribution in [0.15, 0.2) is 36.4 Å². The molecule has 0 aliphatic carbocycles. The molecule has 0 aromatic heterocycles. The summed E-state index contributed by atoms with van der Waals surface area (Å²) in [6.45, 7) is -0.867. The zero-order valence-electron chi connectivity index (χ0n) is 6.88. The molecule has 70 valence electrons. The van der Waals surface area contributed by atoms with Crippen LogP contribution in [0.3, 0.4) is 0 Å². The minimum atomic E-state index is -2.63. The van der Waals surface area contributed by atoms with E-state index in [9.17, 15) is 13.2 Å². The smallest absolute Gasteiger partial charge is 0.247 e. The van der Waals surface area contributed by atoms with Crippen molar-refractivity contribution in [3.05, 3.63) is 42.0 Å². The number of hydrogen-bond donors (Lipinski definition) is 0. The number of hydrogen-bond acceptors (Lipinski definition) is 0. The Morgan fingerprint density at radius 2 is 1.85 bits per heavy atom. The average Bonchev–Trinajstić information content (AvgIpc) is 2.15. The summed E-state index contributed by atoms with van der Waals surface area (Å²) in [5.41, 5.74) is 0.123. The fourth-order valence-corrected chi connectivity index (χ4v) is 1.05. The number of rotatable bonds is 3. The van der Waals surface area contributed by atoms with Gasteiger partial charge in [0.15, 0.2) is 0 Å². The maximum absolute atomic E-state index is 12.3. The first-order valence-corrected chi connectivity index (χ1v) is 3.85. The first-order valence-electron chi connectivity index (χ1n) is 3.85. The molecular weight excluding hydrogens is 177 g/mol. The summed E-state index contributed by atoms with van der Waals surface area (Å²) >= 11 is 0. The normalized spacial score (nSPS) is 12.2. The highest BCUT2D eigenvalue weighted by Crippen LogP contribution is 2.21. The van der Waals surface area contributed by atoms with Crippen molar-refractivity contribution in [3.8, 4) is 0 Å². The van der Waals surface area contributed by atoms with Crippen molar-refractivity contribution >= 4 is 5.57 Å². The molecule has 1 aromatic rings. The number of alkyl halides is 3. The Morgan fingerprint density at radius 1 is 1.23 bits per heavy atom. The van der Waals surface area contributed by atoms with E-state index in [1.165, 1.54) is 12.1 Å². The topological polar surface area (TPSA) is 0 Å². The van der Waals surface area contributed by atoms with Crippen molar-refractivity contribution in [2.45, 2.75) is 6.43 Å². The Bertz CT molecular complexity index is 277. The molecule has 3 heteroatoms. The van der Waals surface area contributed by atoms with Gasteiger partial charge >= 0.3 is 0 Å². The lowest BCUT2D eigenvalue weighted by molar-refractivity contribution is 0.214. The zero-order valence-corrected chi connectivity index (χ0v) is 6.88. The zero-order chi connectivity index (χ0) is 9.68. The molecule has 13 heavy (non-hydrogen) atoms. The van der Waals surface area contributed by atoms with Crippen LogP contribution in [0.5, 0.6) is 0 Å². The molecule has 0 aliphatic heterocycles. The molecule has 0 spiro atoms. The van der Waals surface area contributed by atoms with Gasteiger partial charge in [0.25, 0.3) is 6.43 Å². The summed E-state index contributed by atoms with van der Waals surface area (Å²) in [6, 6.07) is 8.08. The summed E-state index contributed by atoms with van der Waals surface area (Å²) in [7, 11) is 0. The molecule has 0 bridgehead atoms. The van der Waals surface area contributed by atoms with Gasteiger partial charge in [-0.1, -0.05) is 30.3 Å². The Morgan fingerprint density at radius 3 is 2.31 bits per heavy atom. The van der Waals surface area contributed by atoms with Gasteiger partial charge in [-0.3, -0.25) is 0 Å². The molecule has 1 aromatic carbocycles. The van der Waals surface area contributed by atoms with Gasteiger partial charge < -0.3 is 0 Å². The molecule has 0 saturated carbocycles. The van der Waals surface area contributed by atoms with Crippen LogP contribution in [0.4, 0.5) is 13.2 Å². The first kappa shape index (κ1) is 9.84. The molecule has 0 nitrogen and oxygen atoms in total. The van der Waals surface area contributed by atoms with E-state index in [1.54, 1.807) is 18.2 Å². The number of allylic oxidation sites excluding steroid dienone is 2. The predicted octanol–water partition coefficient (Wildman–Crippen LogP) is 3.30. The van der Waals surface area contributed by atoms with Gasteiger partial charge in [0.1, 0.15) is 6.67 Å². The highest BCUT2D eigenvalue weighted by molar-refractivity contribution is 5.67. The lowest BCUT2D eigenvalue weighted by Crippen LogP contribution is -1.96. The van der Waals surface area contributed by atoms with Crippen molar-refractivity contribution in [1.29, 1.82) is 0 Å². The van der Waals surface area contributed by atoms with E-state index in [-0.39, 0.29) is 5.57 Å². The first-order chi connectivity index (χ1) is 6.25. The van der Waals surface area contributed by atoms with Crippen molar-refractivity contribution in [3.63, 3.8) is 0 Å². The monoisotopic (exact) mass is 186 g/mol. The summed E-state index contributed by atoms with van der Waals surface area (Å²) in [4.78, 5) is 0. The van der Waals surface area contributed by atoms with Crippen LogP contribution in [0.2, 0.25) is 0 Å². The molecule has 0 N–H and O–H groups in total. The average molecular weight is 186 g/mol. The molecule has 0 unspecified atom stereocenters. The van der Waals surface area contributed by atoms with Crippen LogP contribution < -0.4 is 0 Å². The van der Waals surface area contributed by atoms with Gasteiger partial charge in [-0.15, -0.1) is 0 Å². The third-order valence-electron chi connectivity index (χ3n) is 1.64. The van der Waals surface area contributed by atoms with E-state index in [1.807, 2.05) is 0 Å². The van der Waals surface area contributed by atoms with E-state index >= 15 is 0 Å². The third kappa shape index (κ3) is 2.61. The predicted molar refractivity (Wildman–Crippen MR) is 46.4 cm³/mol. The molecule has 0 amide bonds. The van der Waals surface area contributed by atoms with E-state index in [2.05, 4.69) is 0 Å². The van der Waals surface area contributed by atoms with Crippen molar-refractivity contribution < 1.29 is 13.2 Å². The maximum Gasteiger partial charge on any atom is 0.264 e. The van der Waals surface area contributed by atoms with Gasteiger partial charge in [-0.25, -0.2) is 13.2 Å². The largest absolute Gasteiger partial charge is 0.264 e. The number of benzene rings is 1. The lowest BCUT2D eigenvalue weighted by Gasteiger charge is -2.04. The van der Waals surface area contributed by atoms with Crippen LogP contribution in [0.25, 0.3) is 5.57 Å². The van der Waals surface area contributed by atoms with E-state index < -0.39 is 13.1 Å². The third-order valence-corrected chi connectivity index (χ3v) is 1.64. The lowest BCUT2D eigenvalue weighted by atomic mass is 10.1. The fourth-order valence-electron chi connectivity index (χ4n) is 1.05. The Balaban J connectivity index is 2.96. The van der Waals surface area contributed by atoms with Gasteiger partial charge in [0.2, 0.25) is 0 Å². The van der Waals surface area contributed by atoms with Crippen LogP contribution >= 0.6 is 0 Å². The highest BCUT2D eigenvalue weighted by atomic mass is 19.3. The molecule has 1 rings (SSSR count). The van der Waals surface area contributed by atoms with Gasteiger partial charge in [-0.05, 0) is 11.6 Å². The van der Waals surface area contributed by atoms with Gasteiger partial charge in [0, 0.05) is 5.57 Å². The second-order valence-electron chi connectivity index (χ2n) is 2.48. The summed E-state index contributed by atoms with van der Waals surface area (Å²) in [6.07, 6.45) is -1.72. The Labute approximate surface area is 74.7 Å². The molecule has 0 heterocycles. The number of halogens is 3. The molecule has 0 atom stereocenters. The van der Waals surface area contributed by atoms with Crippen LogP contribution in [0, 0.1) is 0 Å². The summed E-state index contributed by atoms with van der Waals surface area (Å²) in [5, 5.41) is 0. The van der Waals surface area contributed by atoms with E-state index in [0.717, 1.165) is 6.08 Å². The summed E-state index contributed by atoms with van der Waals surface area (Å²) in [5.74, 6) is 0. The Kier molecular flexibility index (Phi) is 3.55. The van der Waals surface area contributed by atoms with Crippen LogP contribution in [-0.4, -0.2) is 13.1 Å². The molecular formula is C10H9F3. The van der Waals surface area contributed by atoms with Crippen LogP contribution in [0.1, 0.15) is 5.56 Å².